The van der Waals surface area contributed by atoms with E-state index in [1.54, 1.807) is 0 Å². The Bertz CT molecular complexity index is 160. The molecule has 2 saturated heterocycles. The van der Waals surface area contributed by atoms with E-state index >= 15 is 0 Å². The minimum Gasteiger partial charge on any atom is -0.376 e. The number of hydrogen-bond acceptors (Lipinski definition) is 3. The molecule has 0 radical (unpaired) electrons. The maximum atomic E-state index is 6.14. The first kappa shape index (κ1) is 8.48. The summed E-state index contributed by atoms with van der Waals surface area (Å²) in [5.41, 5.74) is 6.43. The molecule has 0 unspecified atom stereocenters. The van der Waals surface area contributed by atoms with Gasteiger partial charge in [-0.15, -0.1) is 0 Å². The van der Waals surface area contributed by atoms with E-state index in [0.29, 0.717) is 5.41 Å². The number of ether oxygens (including phenoxy) is 1. The fourth-order valence-electron chi connectivity index (χ4n) is 2.40. The lowest BCUT2D eigenvalue weighted by atomic mass is 9.74. The highest BCUT2D eigenvalue weighted by Crippen LogP contribution is 2.39. The monoisotopic (exact) mass is 170 g/mol. The fraction of sp³-hybridized carbons (Fsp3) is 1.00. The van der Waals surface area contributed by atoms with Gasteiger partial charge in [-0.05, 0) is 32.9 Å². The Labute approximate surface area is 73.7 Å². The van der Waals surface area contributed by atoms with Crippen molar-refractivity contribution in [1.29, 1.82) is 0 Å². The molecule has 12 heavy (non-hydrogen) atoms. The zero-order valence-corrected chi connectivity index (χ0v) is 7.68. The Balaban J connectivity index is 2.09. The van der Waals surface area contributed by atoms with Crippen LogP contribution >= 0.6 is 0 Å². The molecular weight excluding hydrogens is 152 g/mol. The Kier molecular flexibility index (Phi) is 2.10. The van der Waals surface area contributed by atoms with Crippen molar-refractivity contribution in [2.24, 2.45) is 11.1 Å². The summed E-state index contributed by atoms with van der Waals surface area (Å²) in [4.78, 5) is 0. The highest BCUT2D eigenvalue weighted by Gasteiger charge is 2.46. The molecule has 0 saturated carbocycles. The van der Waals surface area contributed by atoms with E-state index in [4.69, 9.17) is 10.5 Å². The average Bonchev–Trinajstić information content (AvgIpc) is 2.37. The normalized spacial score (nSPS) is 40.5. The maximum absolute atomic E-state index is 6.14. The van der Waals surface area contributed by atoms with Crippen LogP contribution in [0.25, 0.3) is 0 Å². The molecule has 2 aliphatic rings. The molecule has 0 aromatic heterocycles. The van der Waals surface area contributed by atoms with E-state index in [9.17, 15) is 0 Å². The minimum atomic E-state index is 0.250. The second-order valence-electron chi connectivity index (χ2n) is 4.15. The van der Waals surface area contributed by atoms with Crippen LogP contribution in [0.3, 0.4) is 0 Å². The molecule has 3 heteroatoms. The largest absolute Gasteiger partial charge is 0.376 e. The van der Waals surface area contributed by atoms with Gasteiger partial charge in [-0.25, -0.2) is 0 Å². The summed E-state index contributed by atoms with van der Waals surface area (Å²) in [6.45, 7) is 5.16. The predicted molar refractivity (Wildman–Crippen MR) is 47.9 cm³/mol. The summed E-state index contributed by atoms with van der Waals surface area (Å²) < 4.78 is 5.61. The summed E-state index contributed by atoms with van der Waals surface area (Å²) in [5.74, 6) is 0. The number of rotatable bonds is 0. The Morgan fingerprint density at radius 2 is 2.08 bits per heavy atom. The highest BCUT2D eigenvalue weighted by atomic mass is 16.5. The zero-order valence-electron chi connectivity index (χ0n) is 7.68. The highest BCUT2D eigenvalue weighted by molar-refractivity contribution is 4.99. The van der Waals surface area contributed by atoms with Crippen LogP contribution in [0.2, 0.25) is 0 Å². The van der Waals surface area contributed by atoms with E-state index in [-0.39, 0.29) is 12.1 Å². The van der Waals surface area contributed by atoms with Crippen LogP contribution < -0.4 is 11.1 Å². The maximum Gasteiger partial charge on any atom is 0.0704 e. The molecule has 2 aliphatic heterocycles. The van der Waals surface area contributed by atoms with E-state index in [2.05, 4.69) is 12.2 Å². The lowest BCUT2D eigenvalue weighted by molar-refractivity contribution is 0.0952. The van der Waals surface area contributed by atoms with Gasteiger partial charge in [0.15, 0.2) is 0 Å². The second kappa shape index (κ2) is 2.98. The minimum absolute atomic E-state index is 0.250. The van der Waals surface area contributed by atoms with Crippen LogP contribution in [-0.4, -0.2) is 31.8 Å². The summed E-state index contributed by atoms with van der Waals surface area (Å²) in [7, 11) is 0. The Morgan fingerprint density at radius 3 is 2.58 bits per heavy atom. The van der Waals surface area contributed by atoms with Crippen molar-refractivity contribution in [2.75, 3.05) is 19.7 Å². The zero-order chi connectivity index (χ0) is 8.60. The number of nitrogens with two attached hydrogens (primary N) is 1. The molecule has 2 rings (SSSR count). The molecule has 70 valence electrons. The van der Waals surface area contributed by atoms with Crippen LogP contribution in [0.5, 0.6) is 0 Å². The number of hydrogen-bond donors (Lipinski definition) is 2. The van der Waals surface area contributed by atoms with E-state index in [0.717, 1.165) is 19.7 Å². The van der Waals surface area contributed by atoms with Gasteiger partial charge >= 0.3 is 0 Å². The topological polar surface area (TPSA) is 47.3 Å². The first-order valence-electron chi connectivity index (χ1n) is 4.82. The second-order valence-corrected chi connectivity index (χ2v) is 4.15. The molecule has 0 amide bonds. The van der Waals surface area contributed by atoms with Crippen LogP contribution in [0.4, 0.5) is 0 Å². The molecule has 0 bridgehead atoms. The molecule has 3 N–H and O–H groups in total. The van der Waals surface area contributed by atoms with Crippen LogP contribution in [-0.2, 0) is 4.74 Å². The van der Waals surface area contributed by atoms with Crippen molar-refractivity contribution in [3.8, 4) is 0 Å². The molecule has 0 aromatic rings. The van der Waals surface area contributed by atoms with Gasteiger partial charge < -0.3 is 15.8 Å². The molecule has 3 nitrogen and oxygen atoms in total. The Hall–Kier alpha value is -0.120. The van der Waals surface area contributed by atoms with Crippen molar-refractivity contribution < 1.29 is 4.74 Å². The van der Waals surface area contributed by atoms with Gasteiger partial charge in [0.05, 0.1) is 12.7 Å². The average molecular weight is 170 g/mol. The quantitative estimate of drug-likeness (QED) is 0.542. The first-order valence-corrected chi connectivity index (χ1v) is 4.82. The Morgan fingerprint density at radius 1 is 1.42 bits per heavy atom. The SMILES string of the molecule is C[C@@H]1OCC2(CCNCC2)[C@@H]1N. The van der Waals surface area contributed by atoms with E-state index in [1.807, 2.05) is 0 Å². The summed E-state index contributed by atoms with van der Waals surface area (Å²) in [6.07, 6.45) is 2.61. The van der Waals surface area contributed by atoms with Crippen LogP contribution in [0, 0.1) is 5.41 Å². The number of nitrogens with one attached hydrogen (secondary N) is 1. The standard InChI is InChI=1S/C9H18N2O/c1-7-8(10)9(6-12-7)2-4-11-5-3-9/h7-8,11H,2-6,10H2,1H3/t7-,8+/m0/s1. The van der Waals surface area contributed by atoms with Gasteiger partial charge in [-0.2, -0.15) is 0 Å². The molecule has 0 aromatic carbocycles. The van der Waals surface area contributed by atoms with Gasteiger partial charge in [0.1, 0.15) is 0 Å². The van der Waals surface area contributed by atoms with Crippen molar-refractivity contribution in [2.45, 2.75) is 31.9 Å². The van der Waals surface area contributed by atoms with Crippen molar-refractivity contribution >= 4 is 0 Å². The van der Waals surface area contributed by atoms with Crippen molar-refractivity contribution in [3.05, 3.63) is 0 Å². The van der Waals surface area contributed by atoms with E-state index < -0.39 is 0 Å². The predicted octanol–water partition coefficient (Wildman–Crippen LogP) is 0.102. The lowest BCUT2D eigenvalue weighted by Gasteiger charge is -2.36. The lowest BCUT2D eigenvalue weighted by Crippen LogP contribution is -2.49. The van der Waals surface area contributed by atoms with Crippen molar-refractivity contribution in [3.63, 3.8) is 0 Å². The molecule has 2 atom stereocenters. The van der Waals surface area contributed by atoms with Gasteiger partial charge in [0, 0.05) is 11.5 Å². The van der Waals surface area contributed by atoms with Gasteiger partial charge in [-0.1, -0.05) is 0 Å². The van der Waals surface area contributed by atoms with Crippen LogP contribution in [0.1, 0.15) is 19.8 Å². The first-order chi connectivity index (χ1) is 5.75. The summed E-state index contributed by atoms with van der Waals surface area (Å²) >= 11 is 0. The molecule has 1 spiro atoms. The fourth-order valence-corrected chi connectivity index (χ4v) is 2.40. The van der Waals surface area contributed by atoms with Gasteiger partial charge in [0.25, 0.3) is 0 Å². The molecule has 0 aliphatic carbocycles. The molecule has 2 heterocycles. The molecule has 2 fully saturated rings. The third kappa shape index (κ3) is 1.16. The smallest absolute Gasteiger partial charge is 0.0704 e. The van der Waals surface area contributed by atoms with Crippen molar-refractivity contribution in [1.82, 2.24) is 5.32 Å². The van der Waals surface area contributed by atoms with Crippen LogP contribution in [0.15, 0.2) is 0 Å². The van der Waals surface area contributed by atoms with E-state index in [1.165, 1.54) is 12.8 Å². The summed E-state index contributed by atoms with van der Waals surface area (Å²) in [6, 6.07) is 0.250. The molecular formula is C9H18N2O. The summed E-state index contributed by atoms with van der Waals surface area (Å²) in [5, 5.41) is 3.36. The third-order valence-electron chi connectivity index (χ3n) is 3.45. The third-order valence-corrected chi connectivity index (χ3v) is 3.45. The van der Waals surface area contributed by atoms with Gasteiger partial charge in [0.2, 0.25) is 0 Å². The number of piperidine rings is 1. The van der Waals surface area contributed by atoms with Gasteiger partial charge in [-0.3, -0.25) is 0 Å².